The normalized spacial score (nSPS) is 10.5. The second-order valence-electron chi connectivity index (χ2n) is 4.65. The standard InChI is InChI=1S/C14H19N5O/c1-11-5-3-4-6-12(11)17-14(20)9-15-8-7-13-18-16-10-19(13)2/h3-6,10,15H,7-9H2,1-2H3,(H,17,20). The molecular formula is C14H19N5O. The van der Waals surface area contributed by atoms with E-state index in [1.807, 2.05) is 42.8 Å². The molecule has 6 nitrogen and oxygen atoms in total. The lowest BCUT2D eigenvalue weighted by Gasteiger charge is -2.08. The monoisotopic (exact) mass is 273 g/mol. The lowest BCUT2D eigenvalue weighted by Crippen LogP contribution is -2.30. The van der Waals surface area contributed by atoms with Gasteiger partial charge in [0.25, 0.3) is 0 Å². The Morgan fingerprint density at radius 3 is 2.85 bits per heavy atom. The summed E-state index contributed by atoms with van der Waals surface area (Å²) in [6, 6.07) is 7.72. The molecule has 2 aromatic rings. The van der Waals surface area contributed by atoms with Crippen molar-refractivity contribution in [2.75, 3.05) is 18.4 Å². The fourth-order valence-electron chi connectivity index (χ4n) is 1.84. The van der Waals surface area contributed by atoms with Gasteiger partial charge in [-0.3, -0.25) is 4.79 Å². The van der Waals surface area contributed by atoms with E-state index in [2.05, 4.69) is 20.8 Å². The summed E-state index contributed by atoms with van der Waals surface area (Å²) in [7, 11) is 1.90. The molecule has 0 atom stereocenters. The molecule has 0 bridgehead atoms. The second kappa shape index (κ2) is 6.81. The topological polar surface area (TPSA) is 71.8 Å². The van der Waals surface area contributed by atoms with Crippen LogP contribution in [0.3, 0.4) is 0 Å². The van der Waals surface area contributed by atoms with E-state index in [4.69, 9.17) is 0 Å². The molecule has 0 aliphatic carbocycles. The highest BCUT2D eigenvalue weighted by Crippen LogP contribution is 2.12. The van der Waals surface area contributed by atoms with Gasteiger partial charge in [-0.25, -0.2) is 0 Å². The molecule has 0 spiro atoms. The number of aromatic nitrogens is 3. The Morgan fingerprint density at radius 2 is 2.15 bits per heavy atom. The van der Waals surface area contributed by atoms with Crippen molar-refractivity contribution in [2.45, 2.75) is 13.3 Å². The number of nitrogens with zero attached hydrogens (tertiary/aromatic N) is 3. The number of amides is 1. The summed E-state index contributed by atoms with van der Waals surface area (Å²) in [6.45, 7) is 2.94. The minimum Gasteiger partial charge on any atom is -0.325 e. The Kier molecular flexibility index (Phi) is 4.84. The summed E-state index contributed by atoms with van der Waals surface area (Å²) >= 11 is 0. The first-order valence-electron chi connectivity index (χ1n) is 6.56. The third-order valence-corrected chi connectivity index (χ3v) is 3.04. The molecule has 0 unspecified atom stereocenters. The van der Waals surface area contributed by atoms with Gasteiger partial charge in [-0.15, -0.1) is 10.2 Å². The number of aryl methyl sites for hydroxylation is 2. The summed E-state index contributed by atoms with van der Waals surface area (Å²) in [5.74, 6) is 0.856. The zero-order valence-corrected chi connectivity index (χ0v) is 11.8. The number of nitrogens with one attached hydrogen (secondary N) is 2. The maximum atomic E-state index is 11.8. The lowest BCUT2D eigenvalue weighted by molar-refractivity contribution is -0.115. The number of hydrogen-bond donors (Lipinski definition) is 2. The summed E-state index contributed by atoms with van der Waals surface area (Å²) in [5.41, 5.74) is 1.91. The SMILES string of the molecule is Cc1ccccc1NC(=O)CNCCc1nncn1C. The maximum Gasteiger partial charge on any atom is 0.238 e. The molecule has 1 aromatic heterocycles. The van der Waals surface area contributed by atoms with Gasteiger partial charge < -0.3 is 15.2 Å². The van der Waals surface area contributed by atoms with Crippen LogP contribution in [-0.4, -0.2) is 33.8 Å². The van der Waals surface area contributed by atoms with E-state index >= 15 is 0 Å². The van der Waals surface area contributed by atoms with Crippen LogP contribution in [0.25, 0.3) is 0 Å². The largest absolute Gasteiger partial charge is 0.325 e. The fourth-order valence-corrected chi connectivity index (χ4v) is 1.84. The number of hydrogen-bond acceptors (Lipinski definition) is 4. The van der Waals surface area contributed by atoms with E-state index in [9.17, 15) is 4.79 Å². The number of para-hydroxylation sites is 1. The number of carbonyl (C=O) groups is 1. The molecule has 1 aromatic carbocycles. The van der Waals surface area contributed by atoms with E-state index < -0.39 is 0 Å². The molecule has 2 rings (SSSR count). The van der Waals surface area contributed by atoms with Gasteiger partial charge >= 0.3 is 0 Å². The molecule has 0 saturated heterocycles. The summed E-state index contributed by atoms with van der Waals surface area (Å²) in [5, 5.41) is 13.8. The molecule has 1 heterocycles. The van der Waals surface area contributed by atoms with E-state index in [0.29, 0.717) is 6.54 Å². The van der Waals surface area contributed by atoms with Crippen LogP contribution in [0.1, 0.15) is 11.4 Å². The molecule has 1 amide bonds. The molecule has 0 aliphatic heterocycles. The van der Waals surface area contributed by atoms with Crippen LogP contribution in [0.4, 0.5) is 5.69 Å². The van der Waals surface area contributed by atoms with Gasteiger partial charge in [0.2, 0.25) is 5.91 Å². The lowest BCUT2D eigenvalue weighted by atomic mass is 10.2. The summed E-state index contributed by atoms with van der Waals surface area (Å²) in [6.07, 6.45) is 2.41. The minimum absolute atomic E-state index is 0.0442. The van der Waals surface area contributed by atoms with Gasteiger partial charge in [0.1, 0.15) is 12.2 Å². The third-order valence-electron chi connectivity index (χ3n) is 3.04. The molecule has 0 aliphatic rings. The highest BCUT2D eigenvalue weighted by atomic mass is 16.1. The van der Waals surface area contributed by atoms with Crippen LogP contribution in [-0.2, 0) is 18.3 Å². The van der Waals surface area contributed by atoms with Crippen molar-refractivity contribution >= 4 is 11.6 Å². The van der Waals surface area contributed by atoms with E-state index in [1.54, 1.807) is 6.33 Å². The zero-order valence-electron chi connectivity index (χ0n) is 11.8. The van der Waals surface area contributed by atoms with Crippen LogP contribution < -0.4 is 10.6 Å². The number of rotatable bonds is 6. The van der Waals surface area contributed by atoms with Crippen LogP contribution in [0, 0.1) is 6.92 Å². The highest BCUT2D eigenvalue weighted by Gasteiger charge is 2.04. The third kappa shape index (κ3) is 3.89. The van der Waals surface area contributed by atoms with Crippen LogP contribution in [0.15, 0.2) is 30.6 Å². The predicted octanol–water partition coefficient (Wildman–Crippen LogP) is 0.894. The quantitative estimate of drug-likeness (QED) is 0.767. The van der Waals surface area contributed by atoms with Gasteiger partial charge in [-0.2, -0.15) is 0 Å². The van der Waals surface area contributed by atoms with Crippen LogP contribution in [0.2, 0.25) is 0 Å². The molecular weight excluding hydrogens is 254 g/mol. The molecule has 6 heteroatoms. The van der Waals surface area contributed by atoms with Crippen LogP contribution in [0.5, 0.6) is 0 Å². The van der Waals surface area contributed by atoms with Crippen molar-refractivity contribution in [3.63, 3.8) is 0 Å². The second-order valence-corrected chi connectivity index (χ2v) is 4.65. The van der Waals surface area contributed by atoms with Crippen molar-refractivity contribution in [1.82, 2.24) is 20.1 Å². The smallest absolute Gasteiger partial charge is 0.238 e. The van der Waals surface area contributed by atoms with E-state index in [-0.39, 0.29) is 12.5 Å². The summed E-state index contributed by atoms with van der Waals surface area (Å²) < 4.78 is 1.87. The highest BCUT2D eigenvalue weighted by molar-refractivity contribution is 5.92. The van der Waals surface area contributed by atoms with E-state index in [1.165, 1.54) is 0 Å². The van der Waals surface area contributed by atoms with Crippen molar-refractivity contribution in [3.05, 3.63) is 42.0 Å². The average molecular weight is 273 g/mol. The molecule has 2 N–H and O–H groups in total. The summed E-state index contributed by atoms with van der Waals surface area (Å²) in [4.78, 5) is 11.8. The number of anilines is 1. The average Bonchev–Trinajstić information content (AvgIpc) is 2.83. The van der Waals surface area contributed by atoms with Crippen LogP contribution >= 0.6 is 0 Å². The Balaban J connectivity index is 1.71. The predicted molar refractivity (Wildman–Crippen MR) is 77.4 cm³/mol. The first kappa shape index (κ1) is 14.2. The Morgan fingerprint density at radius 1 is 1.35 bits per heavy atom. The zero-order chi connectivity index (χ0) is 14.4. The number of carbonyl (C=O) groups excluding carboxylic acids is 1. The van der Waals surface area contributed by atoms with Gasteiger partial charge in [-0.1, -0.05) is 18.2 Å². The molecule has 20 heavy (non-hydrogen) atoms. The Bertz CT molecular complexity index is 578. The van der Waals surface area contributed by atoms with Gasteiger partial charge in [0.15, 0.2) is 0 Å². The van der Waals surface area contributed by atoms with Gasteiger partial charge in [0, 0.05) is 25.7 Å². The molecule has 0 radical (unpaired) electrons. The Hall–Kier alpha value is -2.21. The first-order valence-corrected chi connectivity index (χ1v) is 6.56. The van der Waals surface area contributed by atoms with Gasteiger partial charge in [-0.05, 0) is 18.6 Å². The first-order chi connectivity index (χ1) is 9.66. The number of benzene rings is 1. The fraction of sp³-hybridized carbons (Fsp3) is 0.357. The van der Waals surface area contributed by atoms with Crippen molar-refractivity contribution in [2.24, 2.45) is 7.05 Å². The van der Waals surface area contributed by atoms with Gasteiger partial charge in [0.05, 0.1) is 6.54 Å². The molecule has 106 valence electrons. The van der Waals surface area contributed by atoms with E-state index in [0.717, 1.165) is 23.5 Å². The van der Waals surface area contributed by atoms with Crippen molar-refractivity contribution < 1.29 is 4.79 Å². The van der Waals surface area contributed by atoms with Crippen molar-refractivity contribution in [1.29, 1.82) is 0 Å². The molecule has 0 saturated carbocycles. The van der Waals surface area contributed by atoms with Crippen molar-refractivity contribution in [3.8, 4) is 0 Å². The minimum atomic E-state index is -0.0442. The molecule has 0 fully saturated rings. The maximum absolute atomic E-state index is 11.8. The Labute approximate surface area is 118 Å².